The van der Waals surface area contributed by atoms with Crippen LogP contribution >= 0.6 is 0 Å². The Bertz CT molecular complexity index is 662. The molecular weight excluding hydrogens is 238 g/mol. The molecule has 1 aromatic carbocycles. The second kappa shape index (κ2) is 4.91. The molecule has 0 saturated heterocycles. The number of aryl methyl sites for hydroxylation is 1. The fourth-order valence-corrected chi connectivity index (χ4v) is 1.49. The Morgan fingerprint density at radius 1 is 1.22 bits per heavy atom. The molecule has 2 rings (SSSR count). The van der Waals surface area contributed by atoms with Gasteiger partial charge in [-0.05, 0) is 31.2 Å². The molecule has 0 amide bonds. The van der Waals surface area contributed by atoms with E-state index in [1.165, 1.54) is 24.3 Å². The quantitative estimate of drug-likeness (QED) is 0.887. The van der Waals surface area contributed by atoms with Gasteiger partial charge in [-0.1, -0.05) is 0 Å². The number of H-pyrrole nitrogens is 1. The number of benzene rings is 1. The van der Waals surface area contributed by atoms with Crippen molar-refractivity contribution in [2.24, 2.45) is 0 Å². The molecule has 0 unspecified atom stereocenters. The molecule has 2 aromatic rings. The van der Waals surface area contributed by atoms with Crippen LogP contribution in [0, 0.1) is 18.6 Å². The summed E-state index contributed by atoms with van der Waals surface area (Å²) >= 11 is 0. The zero-order chi connectivity index (χ0) is 13.1. The molecule has 1 heterocycles. The number of halogens is 2. The maximum atomic E-state index is 13.3. The van der Waals surface area contributed by atoms with E-state index in [0.717, 1.165) is 12.1 Å². The van der Waals surface area contributed by atoms with Crippen LogP contribution in [0.5, 0.6) is 0 Å². The number of nitrogens with zero attached hydrogens (tertiary/aromatic N) is 1. The third-order valence-corrected chi connectivity index (χ3v) is 2.27. The van der Waals surface area contributed by atoms with Crippen molar-refractivity contribution in [2.45, 2.75) is 6.92 Å². The van der Waals surface area contributed by atoms with Crippen LogP contribution < -0.4 is 5.56 Å². The van der Waals surface area contributed by atoms with Crippen LogP contribution in [0.15, 0.2) is 29.1 Å². The first kappa shape index (κ1) is 12.2. The average Bonchev–Trinajstić information content (AvgIpc) is 2.26. The smallest absolute Gasteiger partial charge is 0.251 e. The van der Waals surface area contributed by atoms with Crippen molar-refractivity contribution < 1.29 is 8.78 Å². The molecule has 1 N–H and O–H groups in total. The number of nitrogens with one attached hydrogen (secondary N) is 1. The van der Waals surface area contributed by atoms with Crippen LogP contribution in [-0.4, -0.2) is 9.97 Å². The number of rotatable bonds is 2. The van der Waals surface area contributed by atoms with Crippen molar-refractivity contribution in [1.82, 2.24) is 9.97 Å². The lowest BCUT2D eigenvalue weighted by molar-refractivity contribution is 0.581. The van der Waals surface area contributed by atoms with Crippen molar-refractivity contribution in [3.05, 3.63) is 63.3 Å². The Morgan fingerprint density at radius 2 is 2.00 bits per heavy atom. The van der Waals surface area contributed by atoms with Crippen LogP contribution in [0.25, 0.3) is 12.2 Å². The van der Waals surface area contributed by atoms with Gasteiger partial charge in [-0.15, -0.1) is 0 Å². The summed E-state index contributed by atoms with van der Waals surface area (Å²) in [4.78, 5) is 17.7. The van der Waals surface area contributed by atoms with Gasteiger partial charge in [0.2, 0.25) is 0 Å². The number of hydrogen-bond acceptors (Lipinski definition) is 2. The van der Waals surface area contributed by atoms with Gasteiger partial charge < -0.3 is 4.98 Å². The van der Waals surface area contributed by atoms with Crippen molar-refractivity contribution in [3.63, 3.8) is 0 Å². The topological polar surface area (TPSA) is 45.8 Å². The second-order valence-corrected chi connectivity index (χ2v) is 3.77. The Balaban J connectivity index is 2.32. The monoisotopic (exact) mass is 248 g/mol. The van der Waals surface area contributed by atoms with Crippen LogP contribution in [0.2, 0.25) is 0 Å². The van der Waals surface area contributed by atoms with Gasteiger partial charge in [-0.25, -0.2) is 13.8 Å². The molecule has 0 bridgehead atoms. The van der Waals surface area contributed by atoms with Crippen LogP contribution in [0.4, 0.5) is 8.78 Å². The summed E-state index contributed by atoms with van der Waals surface area (Å²) < 4.78 is 26.0. The van der Waals surface area contributed by atoms with Gasteiger partial charge in [0.05, 0.1) is 0 Å². The van der Waals surface area contributed by atoms with Crippen LogP contribution in [0.1, 0.15) is 17.1 Å². The minimum Gasteiger partial charge on any atom is -0.307 e. The molecule has 18 heavy (non-hydrogen) atoms. The molecule has 0 aliphatic carbocycles. The molecule has 1 aromatic heterocycles. The minimum absolute atomic E-state index is 0.223. The number of aromatic amines is 1. The maximum absolute atomic E-state index is 13.3. The molecule has 0 radical (unpaired) electrons. The van der Waals surface area contributed by atoms with E-state index in [2.05, 4.69) is 9.97 Å². The predicted molar refractivity (Wildman–Crippen MR) is 64.9 cm³/mol. The molecule has 3 nitrogen and oxygen atoms in total. The Kier molecular flexibility index (Phi) is 3.32. The molecule has 0 aliphatic heterocycles. The minimum atomic E-state index is -0.666. The van der Waals surface area contributed by atoms with Crippen LogP contribution in [0.3, 0.4) is 0 Å². The zero-order valence-corrected chi connectivity index (χ0v) is 9.58. The molecular formula is C13H10F2N2O. The standard InChI is InChI=1S/C13H10F2N2O/c1-8-6-13(18)17-12(16-8)5-3-9-2-4-10(14)7-11(9)15/h2-7H,1H3,(H,16,17,18). The van der Waals surface area contributed by atoms with E-state index in [1.54, 1.807) is 6.92 Å². The largest absolute Gasteiger partial charge is 0.307 e. The third kappa shape index (κ3) is 2.88. The van der Waals surface area contributed by atoms with Crippen molar-refractivity contribution in [1.29, 1.82) is 0 Å². The molecule has 0 atom stereocenters. The van der Waals surface area contributed by atoms with E-state index >= 15 is 0 Å². The van der Waals surface area contributed by atoms with Gasteiger partial charge >= 0.3 is 0 Å². The molecule has 92 valence electrons. The van der Waals surface area contributed by atoms with E-state index in [1.807, 2.05) is 0 Å². The lowest BCUT2D eigenvalue weighted by Crippen LogP contribution is -2.08. The van der Waals surface area contributed by atoms with Crippen molar-refractivity contribution in [2.75, 3.05) is 0 Å². The van der Waals surface area contributed by atoms with E-state index in [9.17, 15) is 13.6 Å². The van der Waals surface area contributed by atoms with Crippen molar-refractivity contribution in [3.8, 4) is 0 Å². The fraction of sp³-hybridized carbons (Fsp3) is 0.0769. The summed E-state index contributed by atoms with van der Waals surface area (Å²) in [7, 11) is 0. The van der Waals surface area contributed by atoms with Gasteiger partial charge in [0.1, 0.15) is 17.5 Å². The lowest BCUT2D eigenvalue weighted by atomic mass is 10.2. The highest BCUT2D eigenvalue weighted by Gasteiger charge is 2.00. The van der Waals surface area contributed by atoms with Gasteiger partial charge in [-0.3, -0.25) is 4.79 Å². The summed E-state index contributed by atoms with van der Waals surface area (Å²) in [6, 6.07) is 4.63. The molecule has 0 aliphatic rings. The highest BCUT2D eigenvalue weighted by Crippen LogP contribution is 2.12. The molecule has 0 fully saturated rings. The summed E-state index contributed by atoms with van der Waals surface area (Å²) in [5.74, 6) is -0.975. The maximum Gasteiger partial charge on any atom is 0.251 e. The first-order valence-corrected chi connectivity index (χ1v) is 5.26. The summed E-state index contributed by atoms with van der Waals surface area (Å²) in [5.41, 5.74) is 0.514. The molecule has 0 saturated carbocycles. The summed E-state index contributed by atoms with van der Waals surface area (Å²) in [6.45, 7) is 1.69. The Labute approximate surface area is 102 Å². The average molecular weight is 248 g/mol. The number of hydrogen-bond donors (Lipinski definition) is 1. The SMILES string of the molecule is Cc1cc(=O)[nH]c(C=Cc2ccc(F)cc2F)n1. The summed E-state index contributed by atoms with van der Waals surface area (Å²) in [5, 5.41) is 0. The normalized spacial score (nSPS) is 11.1. The van der Waals surface area contributed by atoms with E-state index in [-0.39, 0.29) is 11.1 Å². The van der Waals surface area contributed by atoms with Gasteiger partial charge in [-0.2, -0.15) is 0 Å². The van der Waals surface area contributed by atoms with Gasteiger partial charge in [0.15, 0.2) is 0 Å². The van der Waals surface area contributed by atoms with E-state index < -0.39 is 11.6 Å². The fourth-order valence-electron chi connectivity index (χ4n) is 1.49. The third-order valence-electron chi connectivity index (χ3n) is 2.27. The number of aromatic nitrogens is 2. The first-order chi connectivity index (χ1) is 8.54. The molecule has 0 spiro atoms. The second-order valence-electron chi connectivity index (χ2n) is 3.77. The Morgan fingerprint density at radius 3 is 2.67 bits per heavy atom. The molecule has 5 heteroatoms. The lowest BCUT2D eigenvalue weighted by Gasteiger charge is -1.97. The van der Waals surface area contributed by atoms with Gasteiger partial charge in [0, 0.05) is 23.4 Å². The van der Waals surface area contributed by atoms with Crippen LogP contribution in [-0.2, 0) is 0 Å². The first-order valence-electron chi connectivity index (χ1n) is 5.26. The highest BCUT2D eigenvalue weighted by molar-refractivity contribution is 5.66. The predicted octanol–water partition coefficient (Wildman–Crippen LogP) is 2.53. The highest BCUT2D eigenvalue weighted by atomic mass is 19.1. The zero-order valence-electron chi connectivity index (χ0n) is 9.58. The van der Waals surface area contributed by atoms with E-state index in [4.69, 9.17) is 0 Å². The van der Waals surface area contributed by atoms with E-state index in [0.29, 0.717) is 11.5 Å². The Hall–Kier alpha value is -2.30. The van der Waals surface area contributed by atoms with Crippen molar-refractivity contribution >= 4 is 12.2 Å². The van der Waals surface area contributed by atoms with Gasteiger partial charge in [0.25, 0.3) is 5.56 Å². The summed E-state index contributed by atoms with van der Waals surface area (Å²) in [6.07, 6.45) is 2.89.